The average Bonchev–Trinajstić information content (AvgIpc) is 3.00. The number of hydrogen-bond donors (Lipinski definition) is 1. The Labute approximate surface area is 115 Å². The number of ether oxygens (including phenoxy) is 2. The van der Waals surface area contributed by atoms with Crippen molar-refractivity contribution in [2.75, 3.05) is 0 Å². The molecule has 0 aromatic heterocycles. The maximum Gasteiger partial charge on any atom is 0.339 e. The molecule has 4 heteroatoms. The number of carbonyl (C=O) groups is 1. The van der Waals surface area contributed by atoms with E-state index in [0.717, 1.165) is 5.56 Å². The van der Waals surface area contributed by atoms with E-state index < -0.39 is 17.9 Å². The van der Waals surface area contributed by atoms with Gasteiger partial charge in [-0.2, -0.15) is 0 Å². The van der Waals surface area contributed by atoms with E-state index >= 15 is 0 Å². The zero-order valence-corrected chi connectivity index (χ0v) is 10.6. The Balaban J connectivity index is 1.86. The van der Waals surface area contributed by atoms with Crippen molar-refractivity contribution in [2.24, 2.45) is 0 Å². The second-order valence-electron chi connectivity index (χ2n) is 5.01. The second-order valence-corrected chi connectivity index (χ2v) is 5.01. The second kappa shape index (κ2) is 3.91. The monoisotopic (exact) mass is 268 g/mol. The smallest absolute Gasteiger partial charge is 0.339 e. The van der Waals surface area contributed by atoms with Gasteiger partial charge in [0.1, 0.15) is 0 Å². The lowest BCUT2D eigenvalue weighted by atomic mass is 9.92. The summed E-state index contributed by atoms with van der Waals surface area (Å²) in [7, 11) is 0. The van der Waals surface area contributed by atoms with Gasteiger partial charge in [-0.15, -0.1) is 0 Å². The quantitative estimate of drug-likeness (QED) is 0.806. The van der Waals surface area contributed by atoms with Crippen LogP contribution in [-0.4, -0.2) is 11.1 Å². The summed E-state index contributed by atoms with van der Waals surface area (Å²) in [5.74, 6) is -2.04. The van der Waals surface area contributed by atoms with Gasteiger partial charge < -0.3 is 14.6 Å². The number of esters is 1. The summed E-state index contributed by atoms with van der Waals surface area (Å²) in [4.78, 5) is 11.9. The fraction of sp³-hybridized carbons (Fsp3) is 0.188. The first-order chi connectivity index (χ1) is 9.70. The van der Waals surface area contributed by atoms with Crippen molar-refractivity contribution in [3.05, 3.63) is 70.8 Å². The van der Waals surface area contributed by atoms with E-state index in [1.807, 2.05) is 24.3 Å². The minimum absolute atomic E-state index is 0.308. The molecule has 2 aliphatic heterocycles. The summed E-state index contributed by atoms with van der Waals surface area (Å²) in [6.45, 7) is 0.308. The number of cyclic esters (lactones) is 1. The first-order valence-electron chi connectivity index (χ1n) is 6.45. The zero-order valence-electron chi connectivity index (χ0n) is 10.6. The van der Waals surface area contributed by atoms with Crippen molar-refractivity contribution in [3.63, 3.8) is 0 Å². The zero-order chi connectivity index (χ0) is 13.7. The highest BCUT2D eigenvalue weighted by molar-refractivity contribution is 5.94. The van der Waals surface area contributed by atoms with Crippen LogP contribution in [-0.2, 0) is 21.9 Å². The number of hydrogen-bond acceptors (Lipinski definition) is 4. The van der Waals surface area contributed by atoms with Crippen LogP contribution in [0.1, 0.15) is 33.2 Å². The maximum absolute atomic E-state index is 11.9. The minimum atomic E-state index is -1.61. The Hall–Kier alpha value is -2.17. The molecule has 2 atom stereocenters. The lowest BCUT2D eigenvalue weighted by molar-refractivity contribution is -0.258. The highest BCUT2D eigenvalue weighted by Gasteiger charge is 2.52. The van der Waals surface area contributed by atoms with Gasteiger partial charge in [-0.25, -0.2) is 4.79 Å². The van der Waals surface area contributed by atoms with Crippen LogP contribution in [0, 0.1) is 0 Å². The molecule has 0 fully saturated rings. The molecule has 0 amide bonds. The summed E-state index contributed by atoms with van der Waals surface area (Å²) in [6, 6.07) is 14.5. The van der Waals surface area contributed by atoms with Gasteiger partial charge >= 0.3 is 5.97 Å². The van der Waals surface area contributed by atoms with Gasteiger partial charge in [0, 0.05) is 11.1 Å². The molecule has 20 heavy (non-hydrogen) atoms. The van der Waals surface area contributed by atoms with Crippen molar-refractivity contribution in [3.8, 4) is 0 Å². The van der Waals surface area contributed by atoms with Crippen LogP contribution in [0.2, 0.25) is 0 Å². The van der Waals surface area contributed by atoms with E-state index in [-0.39, 0.29) is 0 Å². The Morgan fingerprint density at radius 3 is 2.75 bits per heavy atom. The molecule has 100 valence electrons. The van der Waals surface area contributed by atoms with E-state index in [0.29, 0.717) is 23.3 Å². The topological polar surface area (TPSA) is 55.8 Å². The van der Waals surface area contributed by atoms with Crippen molar-refractivity contribution < 1.29 is 19.4 Å². The van der Waals surface area contributed by atoms with Crippen LogP contribution in [0.3, 0.4) is 0 Å². The van der Waals surface area contributed by atoms with Gasteiger partial charge in [-0.05, 0) is 11.6 Å². The number of benzene rings is 2. The molecule has 0 bridgehead atoms. The van der Waals surface area contributed by atoms with Gasteiger partial charge in [0.25, 0.3) is 0 Å². The molecule has 0 aliphatic carbocycles. The predicted octanol–water partition coefficient (Wildman–Crippen LogP) is 2.27. The summed E-state index contributed by atoms with van der Waals surface area (Å²) >= 11 is 0. The fourth-order valence-electron chi connectivity index (χ4n) is 2.91. The molecule has 2 aromatic carbocycles. The van der Waals surface area contributed by atoms with Crippen molar-refractivity contribution >= 4 is 5.97 Å². The molecule has 1 N–H and O–H groups in total. The molecule has 2 heterocycles. The summed E-state index contributed by atoms with van der Waals surface area (Å²) in [6.07, 6.45) is -0.824. The van der Waals surface area contributed by atoms with Crippen LogP contribution in [0.15, 0.2) is 48.5 Å². The number of fused-ring (bicyclic) bond motifs is 2. The molecule has 2 aromatic rings. The normalized spacial score (nSPS) is 27.1. The molecule has 0 unspecified atom stereocenters. The molecule has 0 saturated carbocycles. The van der Waals surface area contributed by atoms with E-state index in [9.17, 15) is 9.90 Å². The Kier molecular flexibility index (Phi) is 2.28. The van der Waals surface area contributed by atoms with E-state index in [1.165, 1.54) is 0 Å². The van der Waals surface area contributed by atoms with Crippen molar-refractivity contribution in [2.45, 2.75) is 18.5 Å². The van der Waals surface area contributed by atoms with E-state index in [1.54, 1.807) is 24.3 Å². The largest absolute Gasteiger partial charge is 0.448 e. The molecule has 2 aliphatic rings. The van der Waals surface area contributed by atoms with E-state index in [4.69, 9.17) is 9.47 Å². The van der Waals surface area contributed by atoms with E-state index in [2.05, 4.69) is 0 Å². The molecule has 4 nitrogen and oxygen atoms in total. The SMILES string of the molecule is O=C1O[C@@H]([C@@]2(O)OCc3ccccc32)c2ccccc21. The highest BCUT2D eigenvalue weighted by atomic mass is 16.7. The summed E-state index contributed by atoms with van der Waals surface area (Å²) < 4.78 is 10.9. The third kappa shape index (κ3) is 1.40. The maximum atomic E-state index is 11.9. The first kappa shape index (κ1) is 11.6. The number of aliphatic hydroxyl groups is 1. The minimum Gasteiger partial charge on any atom is -0.448 e. The van der Waals surface area contributed by atoms with Crippen LogP contribution in [0.4, 0.5) is 0 Å². The lowest BCUT2D eigenvalue weighted by Crippen LogP contribution is -2.33. The summed E-state index contributed by atoms with van der Waals surface area (Å²) in [5.41, 5.74) is 2.72. The van der Waals surface area contributed by atoms with Gasteiger partial charge in [-0.1, -0.05) is 42.5 Å². The van der Waals surface area contributed by atoms with Crippen LogP contribution >= 0.6 is 0 Å². The highest BCUT2D eigenvalue weighted by Crippen LogP contribution is 2.48. The van der Waals surface area contributed by atoms with Crippen LogP contribution in [0.5, 0.6) is 0 Å². The van der Waals surface area contributed by atoms with Gasteiger partial charge in [0.05, 0.1) is 12.2 Å². The molecular weight excluding hydrogens is 256 g/mol. The third-order valence-corrected chi connectivity index (χ3v) is 3.89. The molecule has 0 radical (unpaired) electrons. The fourth-order valence-corrected chi connectivity index (χ4v) is 2.91. The van der Waals surface area contributed by atoms with Gasteiger partial charge in [0.2, 0.25) is 5.79 Å². The standard InChI is InChI=1S/C16H12O4/c17-15-12-7-3-2-6-11(12)14(20-15)16(18)13-8-4-1-5-10(13)9-19-16/h1-8,14,18H,9H2/t14-,16+/m1/s1. The third-order valence-electron chi connectivity index (χ3n) is 3.89. The number of carbonyl (C=O) groups excluding carboxylic acids is 1. The van der Waals surface area contributed by atoms with Crippen molar-refractivity contribution in [1.82, 2.24) is 0 Å². The Morgan fingerprint density at radius 2 is 1.85 bits per heavy atom. The molecule has 4 rings (SSSR count). The molecule has 0 saturated heterocycles. The Morgan fingerprint density at radius 1 is 1.10 bits per heavy atom. The van der Waals surface area contributed by atoms with Crippen molar-refractivity contribution in [1.29, 1.82) is 0 Å². The first-order valence-corrected chi connectivity index (χ1v) is 6.45. The Bertz CT molecular complexity index is 709. The molecular formula is C16H12O4. The van der Waals surface area contributed by atoms with Crippen LogP contribution < -0.4 is 0 Å². The average molecular weight is 268 g/mol. The lowest BCUT2D eigenvalue weighted by Gasteiger charge is -2.28. The van der Waals surface area contributed by atoms with Gasteiger partial charge in [-0.3, -0.25) is 0 Å². The van der Waals surface area contributed by atoms with Crippen LogP contribution in [0.25, 0.3) is 0 Å². The summed E-state index contributed by atoms with van der Waals surface area (Å²) in [5, 5.41) is 10.9. The molecule has 0 spiro atoms. The predicted molar refractivity (Wildman–Crippen MR) is 69.7 cm³/mol. The van der Waals surface area contributed by atoms with Gasteiger partial charge in [0.15, 0.2) is 6.10 Å². The number of rotatable bonds is 1.